The number of nitrogens with one attached hydrogen (secondary N) is 1. The molecule has 0 bridgehead atoms. The van der Waals surface area contributed by atoms with Gasteiger partial charge in [-0.25, -0.2) is 0 Å². The molecule has 0 saturated carbocycles. The van der Waals surface area contributed by atoms with Crippen molar-refractivity contribution in [1.82, 2.24) is 15.1 Å². The molecule has 1 aliphatic rings. The second-order valence-electron chi connectivity index (χ2n) is 7.10. The average molecular weight is 482 g/mol. The van der Waals surface area contributed by atoms with E-state index >= 15 is 0 Å². The molecule has 1 unspecified atom stereocenters. The van der Waals surface area contributed by atoms with Gasteiger partial charge in [-0.05, 0) is 55.9 Å². The maximum absolute atomic E-state index is 12.4. The van der Waals surface area contributed by atoms with Crippen LogP contribution in [-0.4, -0.2) is 65.7 Å². The summed E-state index contributed by atoms with van der Waals surface area (Å²) in [7, 11) is -1.21. The highest BCUT2D eigenvalue weighted by Crippen LogP contribution is 2.17. The topological polar surface area (TPSA) is 65.8 Å². The van der Waals surface area contributed by atoms with Gasteiger partial charge in [0.2, 0.25) is 0 Å². The molecule has 0 aliphatic carbocycles. The third-order valence-corrected chi connectivity index (χ3v) is 6.96. The second kappa shape index (κ2) is 11.1. The summed E-state index contributed by atoms with van der Waals surface area (Å²) in [5.41, 5.74) is 0. The predicted molar refractivity (Wildman–Crippen MR) is 118 cm³/mol. The van der Waals surface area contributed by atoms with Crippen molar-refractivity contribution >= 4 is 32.6 Å². The molecule has 0 spiro atoms. The number of hydrogen-bond donors (Lipinski definition) is 1. The minimum atomic E-state index is -1.21. The van der Waals surface area contributed by atoms with Crippen LogP contribution in [0.5, 0.6) is 0 Å². The van der Waals surface area contributed by atoms with Gasteiger partial charge in [-0.2, -0.15) is 0 Å². The molecule has 1 N–H and O–H groups in total. The molecule has 158 valence electrons. The number of rotatable bonds is 9. The Bertz CT molecular complexity index is 817. The molecule has 1 atom stereocenters. The average Bonchev–Trinajstić information content (AvgIpc) is 3.20. The summed E-state index contributed by atoms with van der Waals surface area (Å²) in [6.07, 6.45) is 0.916. The summed E-state index contributed by atoms with van der Waals surface area (Å²) >= 11 is 3.37. The Kier molecular flexibility index (Phi) is 8.47. The van der Waals surface area contributed by atoms with Gasteiger partial charge in [0.05, 0.1) is 16.6 Å². The Morgan fingerprint density at radius 1 is 1.10 bits per heavy atom. The zero-order valence-electron chi connectivity index (χ0n) is 16.7. The van der Waals surface area contributed by atoms with Crippen LogP contribution in [0.1, 0.15) is 29.7 Å². The number of carbonyl (C=O) groups excluding carboxylic acids is 1. The van der Waals surface area contributed by atoms with Crippen molar-refractivity contribution in [1.29, 1.82) is 0 Å². The number of likely N-dealkylation sites (N-methyl/N-ethyl adjacent to an activating group) is 1. The summed E-state index contributed by atoms with van der Waals surface area (Å²) in [5, 5.41) is 2.91. The van der Waals surface area contributed by atoms with Crippen LogP contribution in [0, 0.1) is 0 Å². The Balaban J connectivity index is 1.39. The van der Waals surface area contributed by atoms with Crippen LogP contribution in [0.15, 0.2) is 50.2 Å². The van der Waals surface area contributed by atoms with Gasteiger partial charge in [-0.15, -0.1) is 0 Å². The highest BCUT2D eigenvalue weighted by Gasteiger charge is 2.16. The SMILES string of the molecule is CCN1CCN(CCCNC(=O)c2ccc(CS(=O)c3ccc(Br)cc3)o2)CC1. The van der Waals surface area contributed by atoms with Gasteiger partial charge in [-0.3, -0.25) is 9.00 Å². The van der Waals surface area contributed by atoms with E-state index < -0.39 is 10.8 Å². The molecular weight excluding hydrogens is 454 g/mol. The Morgan fingerprint density at radius 2 is 1.79 bits per heavy atom. The van der Waals surface area contributed by atoms with Crippen molar-refractivity contribution < 1.29 is 13.4 Å². The molecule has 2 aromatic rings. The van der Waals surface area contributed by atoms with Gasteiger partial charge >= 0.3 is 0 Å². The number of hydrogen-bond acceptors (Lipinski definition) is 5. The van der Waals surface area contributed by atoms with E-state index in [9.17, 15) is 9.00 Å². The van der Waals surface area contributed by atoms with E-state index in [1.54, 1.807) is 12.1 Å². The van der Waals surface area contributed by atoms with Gasteiger partial charge in [0.15, 0.2) is 5.76 Å². The third kappa shape index (κ3) is 6.77. The van der Waals surface area contributed by atoms with Crippen LogP contribution < -0.4 is 5.32 Å². The predicted octanol–water partition coefficient (Wildman–Crippen LogP) is 3.11. The molecule has 1 aliphatic heterocycles. The van der Waals surface area contributed by atoms with E-state index in [1.807, 2.05) is 24.3 Å². The Hall–Kier alpha value is -1.48. The summed E-state index contributed by atoms with van der Waals surface area (Å²) in [6.45, 7) is 9.37. The van der Waals surface area contributed by atoms with Crippen LogP contribution in [0.4, 0.5) is 0 Å². The highest BCUT2D eigenvalue weighted by molar-refractivity contribution is 9.10. The molecule has 0 radical (unpaired) electrons. The van der Waals surface area contributed by atoms with E-state index in [1.165, 1.54) is 0 Å². The lowest BCUT2D eigenvalue weighted by Crippen LogP contribution is -2.46. The van der Waals surface area contributed by atoms with Crippen molar-refractivity contribution in [3.05, 3.63) is 52.4 Å². The second-order valence-corrected chi connectivity index (χ2v) is 9.46. The Labute approximate surface area is 183 Å². The van der Waals surface area contributed by atoms with E-state index in [4.69, 9.17) is 4.42 Å². The lowest BCUT2D eigenvalue weighted by Gasteiger charge is -2.33. The molecule has 8 heteroatoms. The smallest absolute Gasteiger partial charge is 0.286 e. The first kappa shape index (κ1) is 22.2. The summed E-state index contributed by atoms with van der Waals surface area (Å²) in [6, 6.07) is 10.7. The zero-order chi connectivity index (χ0) is 20.6. The molecule has 1 amide bonds. The number of furan rings is 1. The molecule has 6 nitrogen and oxygen atoms in total. The van der Waals surface area contributed by atoms with Gasteiger partial charge in [0.1, 0.15) is 5.76 Å². The minimum absolute atomic E-state index is 0.221. The molecule has 29 heavy (non-hydrogen) atoms. The first-order chi connectivity index (χ1) is 14.0. The summed E-state index contributed by atoms with van der Waals surface area (Å²) in [5.74, 6) is 0.842. The third-order valence-electron chi connectivity index (χ3n) is 5.08. The molecule has 1 saturated heterocycles. The van der Waals surface area contributed by atoms with Crippen LogP contribution in [0.25, 0.3) is 0 Å². The number of carbonyl (C=O) groups is 1. The quantitative estimate of drug-likeness (QED) is 0.557. The fourth-order valence-electron chi connectivity index (χ4n) is 3.30. The lowest BCUT2D eigenvalue weighted by molar-refractivity contribution is 0.0919. The van der Waals surface area contributed by atoms with Crippen molar-refractivity contribution in [2.45, 2.75) is 24.0 Å². The van der Waals surface area contributed by atoms with Gasteiger partial charge < -0.3 is 19.5 Å². The van der Waals surface area contributed by atoms with Crippen molar-refractivity contribution in [2.75, 3.05) is 45.8 Å². The summed E-state index contributed by atoms with van der Waals surface area (Å²) in [4.78, 5) is 17.9. The van der Waals surface area contributed by atoms with E-state index in [2.05, 4.69) is 38.0 Å². The number of benzene rings is 1. The first-order valence-corrected chi connectivity index (χ1v) is 12.1. The maximum Gasteiger partial charge on any atom is 0.286 e. The number of piperazine rings is 1. The minimum Gasteiger partial charge on any atom is -0.455 e. The fourth-order valence-corrected chi connectivity index (χ4v) is 4.58. The van der Waals surface area contributed by atoms with Gasteiger partial charge in [-0.1, -0.05) is 22.9 Å². The van der Waals surface area contributed by atoms with E-state index in [0.29, 0.717) is 12.3 Å². The largest absolute Gasteiger partial charge is 0.455 e. The normalized spacial score (nSPS) is 16.6. The standard InChI is InChI=1S/C21H28BrN3O3S/c1-2-24-12-14-25(15-13-24)11-3-10-23-21(26)20-9-6-18(28-20)16-29(27)19-7-4-17(22)5-8-19/h4-9H,2-3,10-16H2,1H3,(H,23,26). The van der Waals surface area contributed by atoms with Gasteiger partial charge in [0, 0.05) is 42.1 Å². The monoisotopic (exact) mass is 481 g/mol. The van der Waals surface area contributed by atoms with Crippen molar-refractivity contribution in [3.8, 4) is 0 Å². The molecular formula is C21H28BrN3O3S. The molecule has 1 aromatic carbocycles. The highest BCUT2D eigenvalue weighted by atomic mass is 79.9. The number of nitrogens with zero attached hydrogens (tertiary/aromatic N) is 2. The lowest BCUT2D eigenvalue weighted by atomic mass is 10.3. The molecule has 2 heterocycles. The molecule has 1 fully saturated rings. The Morgan fingerprint density at radius 3 is 2.48 bits per heavy atom. The zero-order valence-corrected chi connectivity index (χ0v) is 19.1. The van der Waals surface area contributed by atoms with Crippen LogP contribution in [0.3, 0.4) is 0 Å². The van der Waals surface area contributed by atoms with E-state index in [-0.39, 0.29) is 17.4 Å². The van der Waals surface area contributed by atoms with Crippen LogP contribution in [-0.2, 0) is 16.6 Å². The maximum atomic E-state index is 12.4. The first-order valence-electron chi connectivity index (χ1n) is 10.0. The van der Waals surface area contributed by atoms with Crippen molar-refractivity contribution in [3.63, 3.8) is 0 Å². The van der Waals surface area contributed by atoms with Crippen molar-refractivity contribution in [2.24, 2.45) is 0 Å². The fraction of sp³-hybridized carbons (Fsp3) is 0.476. The molecule has 1 aromatic heterocycles. The number of halogens is 1. The summed E-state index contributed by atoms with van der Waals surface area (Å²) < 4.78 is 19.0. The molecule has 3 rings (SSSR count). The van der Waals surface area contributed by atoms with Gasteiger partial charge in [0.25, 0.3) is 5.91 Å². The number of amides is 1. The van der Waals surface area contributed by atoms with Crippen LogP contribution in [0.2, 0.25) is 0 Å². The van der Waals surface area contributed by atoms with E-state index in [0.717, 1.165) is 55.1 Å². The van der Waals surface area contributed by atoms with Crippen LogP contribution >= 0.6 is 15.9 Å².